The van der Waals surface area contributed by atoms with E-state index in [0.29, 0.717) is 6.42 Å². The predicted octanol–water partition coefficient (Wildman–Crippen LogP) is -0.0984. The Labute approximate surface area is 123 Å². The van der Waals surface area contributed by atoms with Crippen LogP contribution < -0.4 is 10.5 Å². The van der Waals surface area contributed by atoms with Gasteiger partial charge in [0, 0.05) is 13.2 Å². The zero-order valence-electron chi connectivity index (χ0n) is 12.0. The number of aliphatic carboxylic acids is 1. The Balaban J connectivity index is 3.04. The van der Waals surface area contributed by atoms with E-state index in [1.54, 1.807) is 6.92 Å². The maximum atomic E-state index is 12.1. The first-order chi connectivity index (χ1) is 9.57. The summed E-state index contributed by atoms with van der Waals surface area (Å²) in [5.41, 5.74) is 0.0218. The topological polar surface area (TPSA) is 131 Å². The highest BCUT2D eigenvalue weighted by atomic mass is 32.2. The molecule has 8 nitrogen and oxygen atoms in total. The second-order valence-electron chi connectivity index (χ2n) is 4.89. The number of hydrogen-bond donors (Lipinski definition) is 3. The lowest BCUT2D eigenvalue weighted by Gasteiger charge is -2.20. The maximum Gasteiger partial charge on any atom is 0.326 e. The van der Waals surface area contributed by atoms with Crippen molar-refractivity contribution in [1.29, 1.82) is 0 Å². The summed E-state index contributed by atoms with van der Waals surface area (Å²) < 4.78 is 23.8. The molecule has 0 spiro atoms. The Morgan fingerprint density at radius 2 is 2.05 bits per heavy atom. The third-order valence-corrected chi connectivity index (χ3v) is 4.19. The average Bonchev–Trinajstić information content (AvgIpc) is 2.76. The molecule has 0 aliphatic heterocycles. The quantitative estimate of drug-likeness (QED) is 0.674. The van der Waals surface area contributed by atoms with Crippen LogP contribution >= 0.6 is 0 Å². The summed E-state index contributed by atoms with van der Waals surface area (Å²) in [6.07, 6.45) is 1.77. The van der Waals surface area contributed by atoms with Gasteiger partial charge in [0.05, 0.1) is 0 Å². The Morgan fingerprint density at radius 3 is 2.43 bits per heavy atom. The number of carbonyl (C=O) groups is 2. The van der Waals surface area contributed by atoms with E-state index in [2.05, 4.69) is 5.32 Å². The van der Waals surface area contributed by atoms with Crippen molar-refractivity contribution < 1.29 is 23.1 Å². The molecule has 1 rings (SSSR count). The van der Waals surface area contributed by atoms with E-state index < -0.39 is 27.9 Å². The Kier molecular flexibility index (Phi) is 5.13. The van der Waals surface area contributed by atoms with Crippen molar-refractivity contribution in [2.75, 3.05) is 0 Å². The fraction of sp³-hybridized carbons (Fsp3) is 0.500. The number of carboxylic acid groups (broad SMARTS) is 1. The van der Waals surface area contributed by atoms with Crippen molar-refractivity contribution in [3.63, 3.8) is 0 Å². The van der Waals surface area contributed by atoms with Crippen molar-refractivity contribution >= 4 is 21.9 Å². The number of carbonyl (C=O) groups excluding carboxylic acids is 1. The molecule has 1 aromatic rings. The molecule has 0 saturated heterocycles. The smallest absolute Gasteiger partial charge is 0.326 e. The molecule has 0 aromatic carbocycles. The molecular formula is C12H19N3O5S. The van der Waals surface area contributed by atoms with Crippen molar-refractivity contribution in [2.24, 2.45) is 18.1 Å². The predicted molar refractivity (Wildman–Crippen MR) is 75.1 cm³/mol. The van der Waals surface area contributed by atoms with Gasteiger partial charge in [-0.15, -0.1) is 0 Å². The first kappa shape index (κ1) is 17.2. The number of sulfonamides is 1. The molecule has 4 N–H and O–H groups in total. The van der Waals surface area contributed by atoms with Gasteiger partial charge < -0.3 is 15.0 Å². The zero-order chi connectivity index (χ0) is 16.4. The highest BCUT2D eigenvalue weighted by Gasteiger charge is 2.27. The average molecular weight is 317 g/mol. The number of primary sulfonamides is 1. The van der Waals surface area contributed by atoms with E-state index in [4.69, 9.17) is 10.2 Å². The fourth-order valence-corrected chi connectivity index (χ4v) is 2.39. The molecule has 1 heterocycles. The lowest BCUT2D eigenvalue weighted by molar-refractivity contribution is -0.140. The van der Waals surface area contributed by atoms with E-state index >= 15 is 0 Å². The molecular weight excluding hydrogens is 298 g/mol. The minimum atomic E-state index is -3.92. The molecule has 21 heavy (non-hydrogen) atoms. The Morgan fingerprint density at radius 1 is 1.48 bits per heavy atom. The standard InChI is InChI=1S/C12H19N3O5S/c1-4-7(2)10(12(17)18)14-11(16)9-5-8(6-15(9)3)21(13,19)20/h5-7,10H,4H2,1-3H3,(H,14,16)(H,17,18)(H2,13,19,20)/t7-,10-/m0/s1. The van der Waals surface area contributed by atoms with Crippen LogP contribution in [-0.2, 0) is 21.9 Å². The van der Waals surface area contributed by atoms with Crippen LogP contribution in [0.3, 0.4) is 0 Å². The Hall–Kier alpha value is -1.87. The molecule has 0 fully saturated rings. The molecule has 118 valence electrons. The van der Waals surface area contributed by atoms with E-state index in [9.17, 15) is 18.0 Å². The lowest BCUT2D eigenvalue weighted by Crippen LogP contribution is -2.45. The van der Waals surface area contributed by atoms with Crippen LogP contribution in [0.1, 0.15) is 30.8 Å². The van der Waals surface area contributed by atoms with Gasteiger partial charge >= 0.3 is 5.97 Å². The number of aryl methyl sites for hydroxylation is 1. The summed E-state index contributed by atoms with van der Waals surface area (Å²) >= 11 is 0. The number of carboxylic acids is 1. The monoisotopic (exact) mass is 317 g/mol. The van der Waals surface area contributed by atoms with E-state index in [-0.39, 0.29) is 16.5 Å². The van der Waals surface area contributed by atoms with Gasteiger partial charge in [0.2, 0.25) is 10.0 Å². The third-order valence-electron chi connectivity index (χ3n) is 3.31. The van der Waals surface area contributed by atoms with Gasteiger partial charge in [0.1, 0.15) is 16.6 Å². The number of nitrogens with one attached hydrogen (secondary N) is 1. The van der Waals surface area contributed by atoms with Crippen LogP contribution in [-0.4, -0.2) is 36.0 Å². The number of aromatic nitrogens is 1. The number of nitrogens with two attached hydrogens (primary N) is 1. The molecule has 0 radical (unpaired) electrons. The van der Waals surface area contributed by atoms with Crippen LogP contribution in [0.5, 0.6) is 0 Å². The van der Waals surface area contributed by atoms with Gasteiger partial charge in [-0.05, 0) is 12.0 Å². The van der Waals surface area contributed by atoms with Crippen molar-refractivity contribution in [2.45, 2.75) is 31.2 Å². The first-order valence-corrected chi connectivity index (χ1v) is 7.85. The summed E-state index contributed by atoms with van der Waals surface area (Å²) in [6, 6.07) is 0.0653. The highest BCUT2D eigenvalue weighted by molar-refractivity contribution is 7.89. The number of rotatable bonds is 6. The van der Waals surface area contributed by atoms with Gasteiger partial charge in [-0.1, -0.05) is 20.3 Å². The lowest BCUT2D eigenvalue weighted by atomic mass is 9.99. The minimum absolute atomic E-state index is 0.0218. The Bertz CT molecular complexity index is 650. The molecule has 0 aliphatic rings. The van der Waals surface area contributed by atoms with Crippen LogP contribution in [0.15, 0.2) is 17.2 Å². The van der Waals surface area contributed by atoms with Crippen LogP contribution in [0.2, 0.25) is 0 Å². The maximum absolute atomic E-state index is 12.1. The first-order valence-electron chi connectivity index (χ1n) is 6.30. The molecule has 0 saturated carbocycles. The second-order valence-corrected chi connectivity index (χ2v) is 6.45. The van der Waals surface area contributed by atoms with Crippen LogP contribution in [0.4, 0.5) is 0 Å². The molecule has 0 unspecified atom stereocenters. The molecule has 2 atom stereocenters. The summed E-state index contributed by atoms with van der Waals surface area (Å²) in [7, 11) is -2.45. The van der Waals surface area contributed by atoms with Crippen LogP contribution in [0, 0.1) is 5.92 Å². The SMILES string of the molecule is CC[C@H](C)[C@H](NC(=O)c1cc(S(N)(=O)=O)cn1C)C(=O)O. The zero-order valence-corrected chi connectivity index (χ0v) is 12.8. The van der Waals surface area contributed by atoms with Gasteiger partial charge in [-0.25, -0.2) is 18.4 Å². The highest BCUT2D eigenvalue weighted by Crippen LogP contribution is 2.13. The summed E-state index contributed by atoms with van der Waals surface area (Å²) in [4.78, 5) is 23.1. The van der Waals surface area contributed by atoms with Gasteiger partial charge in [-0.3, -0.25) is 4.79 Å². The number of hydrogen-bond acceptors (Lipinski definition) is 4. The molecule has 1 amide bonds. The van der Waals surface area contributed by atoms with Gasteiger partial charge in [0.15, 0.2) is 0 Å². The van der Waals surface area contributed by atoms with E-state index in [0.717, 1.165) is 6.07 Å². The summed E-state index contributed by atoms with van der Waals surface area (Å²) in [5.74, 6) is -2.07. The van der Waals surface area contributed by atoms with E-state index in [1.165, 1.54) is 17.8 Å². The largest absolute Gasteiger partial charge is 0.480 e. The van der Waals surface area contributed by atoms with E-state index in [1.807, 2.05) is 6.92 Å². The number of amides is 1. The van der Waals surface area contributed by atoms with Crippen molar-refractivity contribution in [3.05, 3.63) is 18.0 Å². The molecule has 1 aromatic heterocycles. The fourth-order valence-electron chi connectivity index (χ4n) is 1.81. The number of nitrogens with zero attached hydrogens (tertiary/aromatic N) is 1. The molecule has 9 heteroatoms. The molecule has 0 bridgehead atoms. The summed E-state index contributed by atoms with van der Waals surface area (Å²) in [5, 5.41) is 16.5. The van der Waals surface area contributed by atoms with Crippen LogP contribution in [0.25, 0.3) is 0 Å². The normalized spacial score (nSPS) is 14.5. The van der Waals surface area contributed by atoms with Crippen molar-refractivity contribution in [3.8, 4) is 0 Å². The van der Waals surface area contributed by atoms with Gasteiger partial charge in [-0.2, -0.15) is 0 Å². The summed E-state index contributed by atoms with van der Waals surface area (Å²) in [6.45, 7) is 3.52. The second kappa shape index (κ2) is 6.27. The van der Waals surface area contributed by atoms with Crippen molar-refractivity contribution in [1.82, 2.24) is 9.88 Å². The third kappa shape index (κ3) is 4.05. The minimum Gasteiger partial charge on any atom is -0.480 e. The molecule has 0 aliphatic carbocycles. The van der Waals surface area contributed by atoms with Gasteiger partial charge in [0.25, 0.3) is 5.91 Å².